The van der Waals surface area contributed by atoms with Gasteiger partial charge in [0.25, 0.3) is 11.4 Å². The number of benzene rings is 2. The van der Waals surface area contributed by atoms with Crippen LogP contribution < -0.4 is 0 Å². The van der Waals surface area contributed by atoms with Crippen LogP contribution in [0.5, 0.6) is 0 Å². The first kappa shape index (κ1) is 18.0. The van der Waals surface area contributed by atoms with Crippen LogP contribution in [0.25, 0.3) is 11.4 Å². The van der Waals surface area contributed by atoms with Gasteiger partial charge in [-0.2, -0.15) is 0 Å². The first-order valence-electron chi connectivity index (χ1n) is 7.12. The van der Waals surface area contributed by atoms with Crippen LogP contribution in [0.4, 0.5) is 11.4 Å². The van der Waals surface area contributed by atoms with Crippen LogP contribution in [0, 0.1) is 20.2 Å². The van der Waals surface area contributed by atoms with Gasteiger partial charge in [0, 0.05) is 34.1 Å². The fourth-order valence-electron chi connectivity index (χ4n) is 2.20. The first-order valence-corrected chi connectivity index (χ1v) is 8.73. The molecule has 0 aliphatic carbocycles. The van der Waals surface area contributed by atoms with E-state index in [1.54, 1.807) is 11.6 Å². The maximum absolute atomic E-state index is 11.1. The second-order valence-corrected chi connectivity index (χ2v) is 7.13. The van der Waals surface area contributed by atoms with Crippen LogP contribution in [-0.2, 0) is 7.05 Å². The first-order chi connectivity index (χ1) is 12.3. The summed E-state index contributed by atoms with van der Waals surface area (Å²) in [5.74, 6) is 0.302. The van der Waals surface area contributed by atoms with Crippen molar-refractivity contribution in [3.63, 3.8) is 0 Å². The van der Waals surface area contributed by atoms with Crippen LogP contribution in [0.3, 0.4) is 0 Å². The number of aromatic nitrogens is 3. The van der Waals surface area contributed by atoms with E-state index in [2.05, 4.69) is 26.1 Å². The molecule has 11 heteroatoms. The Kier molecular flexibility index (Phi) is 5.00. The average molecular weight is 436 g/mol. The molecule has 0 saturated heterocycles. The Balaban J connectivity index is 2.00. The Bertz CT molecular complexity index is 974. The molecule has 0 aliphatic heterocycles. The van der Waals surface area contributed by atoms with Crippen molar-refractivity contribution in [3.05, 3.63) is 67.2 Å². The van der Waals surface area contributed by atoms with Crippen molar-refractivity contribution >= 4 is 39.1 Å². The molecule has 1 aromatic heterocycles. The Hall–Kier alpha value is -2.79. The molecule has 0 bridgehead atoms. The van der Waals surface area contributed by atoms with Gasteiger partial charge in [-0.1, -0.05) is 15.9 Å². The van der Waals surface area contributed by atoms with Gasteiger partial charge < -0.3 is 4.57 Å². The van der Waals surface area contributed by atoms with Crippen LogP contribution in [0.15, 0.2) is 57.0 Å². The number of rotatable bonds is 5. The van der Waals surface area contributed by atoms with Gasteiger partial charge in [0.2, 0.25) is 0 Å². The molecule has 0 saturated carbocycles. The number of non-ortho nitro benzene ring substituents is 2. The number of hydrogen-bond acceptors (Lipinski definition) is 7. The smallest absolute Gasteiger partial charge is 0.277 e. The Morgan fingerprint density at radius 3 is 2.12 bits per heavy atom. The maximum atomic E-state index is 11.1. The van der Waals surface area contributed by atoms with Crippen molar-refractivity contribution in [2.45, 2.75) is 10.1 Å². The van der Waals surface area contributed by atoms with Gasteiger partial charge in [-0.05, 0) is 36.0 Å². The summed E-state index contributed by atoms with van der Waals surface area (Å²) in [4.78, 5) is 21.7. The normalized spacial score (nSPS) is 10.7. The molecule has 0 unspecified atom stereocenters. The van der Waals surface area contributed by atoms with Crippen molar-refractivity contribution in [1.82, 2.24) is 14.8 Å². The second kappa shape index (κ2) is 7.22. The molecule has 0 amide bonds. The van der Waals surface area contributed by atoms with Gasteiger partial charge in [-0.25, -0.2) is 0 Å². The number of nitro benzene ring substituents is 2. The highest BCUT2D eigenvalue weighted by atomic mass is 79.9. The molecule has 0 aliphatic rings. The molecule has 0 spiro atoms. The highest BCUT2D eigenvalue weighted by molar-refractivity contribution is 9.10. The molecule has 1 heterocycles. The molecule has 2 aromatic carbocycles. The highest BCUT2D eigenvalue weighted by Crippen LogP contribution is 2.32. The number of nitro groups is 2. The minimum absolute atomic E-state index is 0.253. The Morgan fingerprint density at radius 2 is 1.58 bits per heavy atom. The van der Waals surface area contributed by atoms with E-state index in [0.29, 0.717) is 11.0 Å². The van der Waals surface area contributed by atoms with Crippen molar-refractivity contribution in [2.75, 3.05) is 0 Å². The molecule has 0 fully saturated rings. The zero-order valence-electron chi connectivity index (χ0n) is 13.2. The Labute approximate surface area is 159 Å². The van der Waals surface area contributed by atoms with E-state index in [1.807, 2.05) is 24.3 Å². The van der Waals surface area contributed by atoms with Crippen LogP contribution in [-0.4, -0.2) is 24.6 Å². The molecule has 3 aromatic rings. The lowest BCUT2D eigenvalue weighted by Crippen LogP contribution is -1.98. The van der Waals surface area contributed by atoms with E-state index < -0.39 is 9.85 Å². The van der Waals surface area contributed by atoms with E-state index >= 15 is 0 Å². The SMILES string of the molecule is Cn1c(Sc2ccc(Br)cc2)nnc1-c1cc([N+](=O)[O-])cc([N+](=O)[O-])c1. The van der Waals surface area contributed by atoms with Gasteiger partial charge >= 0.3 is 0 Å². The molecule has 26 heavy (non-hydrogen) atoms. The fraction of sp³-hybridized carbons (Fsp3) is 0.0667. The van der Waals surface area contributed by atoms with E-state index in [4.69, 9.17) is 0 Å². The van der Waals surface area contributed by atoms with Crippen LogP contribution in [0.2, 0.25) is 0 Å². The fourth-order valence-corrected chi connectivity index (χ4v) is 3.25. The van der Waals surface area contributed by atoms with E-state index in [9.17, 15) is 20.2 Å². The molecular weight excluding hydrogens is 426 g/mol. The average Bonchev–Trinajstić information content (AvgIpc) is 2.97. The van der Waals surface area contributed by atoms with Crippen molar-refractivity contribution < 1.29 is 9.85 Å². The molecule has 0 radical (unpaired) electrons. The zero-order chi connectivity index (χ0) is 18.8. The number of halogens is 1. The topological polar surface area (TPSA) is 117 Å². The van der Waals surface area contributed by atoms with E-state index in [0.717, 1.165) is 15.4 Å². The third-order valence-electron chi connectivity index (χ3n) is 3.44. The summed E-state index contributed by atoms with van der Waals surface area (Å²) in [6.45, 7) is 0. The van der Waals surface area contributed by atoms with Crippen molar-refractivity contribution in [3.8, 4) is 11.4 Å². The zero-order valence-corrected chi connectivity index (χ0v) is 15.6. The standard InChI is InChI=1S/C15H10BrN5O4S/c1-19-14(9-6-11(20(22)23)8-12(7-9)21(24)25)17-18-15(19)26-13-4-2-10(16)3-5-13/h2-8H,1H3. The predicted molar refractivity (Wildman–Crippen MR) is 98.0 cm³/mol. The summed E-state index contributed by atoms with van der Waals surface area (Å²) < 4.78 is 2.58. The molecule has 132 valence electrons. The van der Waals surface area contributed by atoms with Gasteiger partial charge in [0.1, 0.15) is 0 Å². The Morgan fingerprint density at radius 1 is 1.00 bits per heavy atom. The largest absolute Gasteiger partial charge is 0.305 e. The van der Waals surface area contributed by atoms with Gasteiger partial charge in [0.05, 0.1) is 15.9 Å². The van der Waals surface area contributed by atoms with E-state index in [-0.39, 0.29) is 16.9 Å². The van der Waals surface area contributed by atoms with E-state index in [1.165, 1.54) is 23.9 Å². The summed E-state index contributed by atoms with van der Waals surface area (Å²) in [5, 5.41) is 30.8. The minimum atomic E-state index is -0.676. The number of hydrogen-bond donors (Lipinski definition) is 0. The maximum Gasteiger partial charge on any atom is 0.277 e. The van der Waals surface area contributed by atoms with Crippen LogP contribution >= 0.6 is 27.7 Å². The third kappa shape index (κ3) is 3.73. The van der Waals surface area contributed by atoms with Gasteiger partial charge in [-0.3, -0.25) is 20.2 Å². The molecular formula is C15H10BrN5O4S. The van der Waals surface area contributed by atoms with Crippen molar-refractivity contribution in [1.29, 1.82) is 0 Å². The number of nitrogens with zero attached hydrogens (tertiary/aromatic N) is 5. The highest BCUT2D eigenvalue weighted by Gasteiger charge is 2.20. The predicted octanol–water partition coefficient (Wildman–Crippen LogP) is 4.21. The third-order valence-corrected chi connectivity index (χ3v) is 5.01. The lowest BCUT2D eigenvalue weighted by atomic mass is 10.1. The summed E-state index contributed by atoms with van der Waals surface area (Å²) in [6, 6.07) is 11.0. The quantitative estimate of drug-likeness (QED) is 0.434. The lowest BCUT2D eigenvalue weighted by Gasteiger charge is -2.04. The monoisotopic (exact) mass is 435 g/mol. The lowest BCUT2D eigenvalue weighted by molar-refractivity contribution is -0.394. The molecule has 0 atom stereocenters. The molecule has 3 rings (SSSR count). The summed E-state index contributed by atoms with van der Waals surface area (Å²) in [5.41, 5.74) is -0.498. The summed E-state index contributed by atoms with van der Waals surface area (Å²) >= 11 is 4.72. The molecule has 9 nitrogen and oxygen atoms in total. The summed E-state index contributed by atoms with van der Waals surface area (Å²) in [6.07, 6.45) is 0. The van der Waals surface area contributed by atoms with Crippen molar-refractivity contribution in [2.24, 2.45) is 7.05 Å². The summed E-state index contributed by atoms with van der Waals surface area (Å²) in [7, 11) is 1.70. The van der Waals surface area contributed by atoms with Gasteiger partial charge in [0.15, 0.2) is 11.0 Å². The van der Waals surface area contributed by atoms with Crippen LogP contribution in [0.1, 0.15) is 0 Å². The molecule has 0 N–H and O–H groups in total. The van der Waals surface area contributed by atoms with Gasteiger partial charge in [-0.15, -0.1) is 10.2 Å². The minimum Gasteiger partial charge on any atom is -0.305 e. The second-order valence-electron chi connectivity index (χ2n) is 5.17.